The molecule has 0 N–H and O–H groups in total. The molecule has 152 valence electrons. The van der Waals surface area contributed by atoms with E-state index in [1.807, 2.05) is 36.4 Å². The Labute approximate surface area is 174 Å². The topological polar surface area (TPSA) is 53.5 Å². The molecule has 6 heteroatoms. The van der Waals surface area contributed by atoms with Crippen molar-refractivity contribution in [2.24, 2.45) is 0 Å². The molecule has 0 radical (unpaired) electrons. The molecule has 5 nitrogen and oxygen atoms in total. The fourth-order valence-corrected chi connectivity index (χ4v) is 3.58. The second-order valence-corrected chi connectivity index (χ2v) is 7.27. The Morgan fingerprint density at radius 3 is 2.53 bits per heavy atom. The quantitative estimate of drug-likeness (QED) is 0.667. The van der Waals surface area contributed by atoms with E-state index < -0.39 is 0 Å². The second-order valence-electron chi connectivity index (χ2n) is 7.27. The molecule has 0 bridgehead atoms. The zero-order chi connectivity index (χ0) is 20.9. The molecule has 30 heavy (non-hydrogen) atoms. The number of carbonyl (C=O) groups is 2. The minimum atomic E-state index is -0.296. The average Bonchev–Trinajstić information content (AvgIpc) is 2.96. The zero-order valence-electron chi connectivity index (χ0n) is 16.5. The van der Waals surface area contributed by atoms with Crippen molar-refractivity contribution in [3.05, 3.63) is 90.0 Å². The first-order chi connectivity index (χ1) is 14.6. The molecular weight excluding hydrogens is 381 g/mol. The van der Waals surface area contributed by atoms with Crippen molar-refractivity contribution in [2.45, 2.75) is 13.0 Å². The number of amides is 2. The third-order valence-corrected chi connectivity index (χ3v) is 5.24. The Kier molecular flexibility index (Phi) is 5.84. The predicted molar refractivity (Wildman–Crippen MR) is 112 cm³/mol. The first-order valence-electron chi connectivity index (χ1n) is 9.93. The smallest absolute Gasteiger partial charge is 0.253 e. The SMILES string of the molecule is O=C1CCN(C(=O)c2cccc(-c3ccc(F)cc3)c2)CCN1Cc1ccccn1. The summed E-state index contributed by atoms with van der Waals surface area (Å²) >= 11 is 0. The molecule has 2 heterocycles. The molecule has 0 spiro atoms. The summed E-state index contributed by atoms with van der Waals surface area (Å²) in [5, 5.41) is 0. The normalized spacial score (nSPS) is 14.5. The van der Waals surface area contributed by atoms with E-state index in [9.17, 15) is 14.0 Å². The van der Waals surface area contributed by atoms with Gasteiger partial charge in [0.15, 0.2) is 0 Å². The van der Waals surface area contributed by atoms with Crippen LogP contribution >= 0.6 is 0 Å². The van der Waals surface area contributed by atoms with Crippen LogP contribution < -0.4 is 0 Å². The van der Waals surface area contributed by atoms with Crippen LogP contribution in [-0.2, 0) is 11.3 Å². The number of benzene rings is 2. The van der Waals surface area contributed by atoms with Gasteiger partial charge in [0.05, 0.1) is 12.2 Å². The molecule has 2 amide bonds. The Bertz CT molecular complexity index is 1040. The number of carbonyl (C=O) groups excluding carboxylic acids is 2. The maximum atomic E-state index is 13.2. The van der Waals surface area contributed by atoms with Gasteiger partial charge in [0, 0.05) is 37.8 Å². The van der Waals surface area contributed by atoms with Crippen molar-refractivity contribution in [3.8, 4) is 11.1 Å². The zero-order valence-corrected chi connectivity index (χ0v) is 16.5. The van der Waals surface area contributed by atoms with Crippen LogP contribution in [0, 0.1) is 5.82 Å². The second kappa shape index (κ2) is 8.86. The van der Waals surface area contributed by atoms with E-state index in [2.05, 4.69) is 4.98 Å². The molecule has 0 aliphatic carbocycles. The number of pyridine rings is 1. The van der Waals surface area contributed by atoms with Crippen LogP contribution in [0.25, 0.3) is 11.1 Å². The summed E-state index contributed by atoms with van der Waals surface area (Å²) in [5.41, 5.74) is 3.09. The first kappa shape index (κ1) is 19.8. The molecule has 1 saturated heterocycles. The lowest BCUT2D eigenvalue weighted by Gasteiger charge is -2.22. The molecule has 1 aliphatic rings. The van der Waals surface area contributed by atoms with Gasteiger partial charge in [-0.25, -0.2) is 4.39 Å². The highest BCUT2D eigenvalue weighted by molar-refractivity contribution is 5.96. The molecular formula is C24H22FN3O2. The Balaban J connectivity index is 1.47. The number of hydrogen-bond acceptors (Lipinski definition) is 3. The number of halogens is 1. The van der Waals surface area contributed by atoms with Crippen LogP contribution in [0.3, 0.4) is 0 Å². The lowest BCUT2D eigenvalue weighted by atomic mass is 10.0. The van der Waals surface area contributed by atoms with Crippen LogP contribution in [0.4, 0.5) is 4.39 Å². The van der Waals surface area contributed by atoms with E-state index in [-0.39, 0.29) is 24.1 Å². The summed E-state index contributed by atoms with van der Waals surface area (Å²) < 4.78 is 13.2. The van der Waals surface area contributed by atoms with Gasteiger partial charge < -0.3 is 9.80 Å². The molecule has 2 aromatic carbocycles. The van der Waals surface area contributed by atoms with Gasteiger partial charge in [-0.1, -0.05) is 30.3 Å². The van der Waals surface area contributed by atoms with E-state index >= 15 is 0 Å². The summed E-state index contributed by atoms with van der Waals surface area (Å²) in [6, 6.07) is 19.1. The highest BCUT2D eigenvalue weighted by atomic mass is 19.1. The molecule has 0 saturated carbocycles. The maximum absolute atomic E-state index is 13.2. The van der Waals surface area contributed by atoms with Crippen molar-refractivity contribution < 1.29 is 14.0 Å². The van der Waals surface area contributed by atoms with E-state index in [0.717, 1.165) is 16.8 Å². The lowest BCUT2D eigenvalue weighted by Crippen LogP contribution is -2.35. The van der Waals surface area contributed by atoms with Crippen molar-refractivity contribution >= 4 is 11.8 Å². The van der Waals surface area contributed by atoms with Gasteiger partial charge in [-0.15, -0.1) is 0 Å². The molecule has 0 atom stereocenters. The first-order valence-corrected chi connectivity index (χ1v) is 9.93. The highest BCUT2D eigenvalue weighted by Crippen LogP contribution is 2.22. The number of nitrogens with zero attached hydrogens (tertiary/aromatic N) is 3. The van der Waals surface area contributed by atoms with E-state index in [0.29, 0.717) is 31.7 Å². The van der Waals surface area contributed by atoms with Crippen LogP contribution in [-0.4, -0.2) is 46.2 Å². The van der Waals surface area contributed by atoms with Gasteiger partial charge in [0.2, 0.25) is 5.91 Å². The Morgan fingerprint density at radius 2 is 1.77 bits per heavy atom. The maximum Gasteiger partial charge on any atom is 0.253 e. The summed E-state index contributed by atoms with van der Waals surface area (Å²) in [7, 11) is 0. The van der Waals surface area contributed by atoms with Gasteiger partial charge in [0.25, 0.3) is 5.91 Å². The van der Waals surface area contributed by atoms with Gasteiger partial charge in [0.1, 0.15) is 5.82 Å². The fraction of sp³-hybridized carbons (Fsp3) is 0.208. The monoisotopic (exact) mass is 403 g/mol. The van der Waals surface area contributed by atoms with Crippen molar-refractivity contribution in [3.63, 3.8) is 0 Å². The fourth-order valence-electron chi connectivity index (χ4n) is 3.58. The number of rotatable bonds is 4. The van der Waals surface area contributed by atoms with Crippen LogP contribution in [0.1, 0.15) is 22.5 Å². The average molecular weight is 403 g/mol. The van der Waals surface area contributed by atoms with Gasteiger partial charge in [-0.3, -0.25) is 14.6 Å². The summed E-state index contributed by atoms with van der Waals surface area (Å²) in [5.74, 6) is -0.377. The third-order valence-electron chi connectivity index (χ3n) is 5.24. The van der Waals surface area contributed by atoms with Crippen LogP contribution in [0.15, 0.2) is 72.9 Å². The van der Waals surface area contributed by atoms with E-state index in [4.69, 9.17) is 0 Å². The summed E-state index contributed by atoms with van der Waals surface area (Å²) in [6.07, 6.45) is 2.00. The molecule has 1 fully saturated rings. The Hall–Kier alpha value is -3.54. The van der Waals surface area contributed by atoms with E-state index in [1.54, 1.807) is 34.2 Å². The molecule has 0 unspecified atom stereocenters. The number of aromatic nitrogens is 1. The standard InChI is InChI=1S/C24H22FN3O2/c25-21-9-7-18(8-10-21)19-4-3-5-20(16-19)24(30)27-13-11-23(29)28(15-14-27)17-22-6-1-2-12-26-22/h1-10,12,16H,11,13-15,17H2. The van der Waals surface area contributed by atoms with Gasteiger partial charge in [-0.05, 0) is 47.5 Å². The predicted octanol–water partition coefficient (Wildman–Crippen LogP) is 3.76. The summed E-state index contributed by atoms with van der Waals surface area (Å²) in [6.45, 7) is 1.77. The molecule has 4 rings (SSSR count). The van der Waals surface area contributed by atoms with Gasteiger partial charge >= 0.3 is 0 Å². The van der Waals surface area contributed by atoms with Crippen molar-refractivity contribution in [1.29, 1.82) is 0 Å². The highest BCUT2D eigenvalue weighted by Gasteiger charge is 2.25. The molecule has 1 aromatic heterocycles. The van der Waals surface area contributed by atoms with Crippen molar-refractivity contribution in [2.75, 3.05) is 19.6 Å². The van der Waals surface area contributed by atoms with Crippen LogP contribution in [0.2, 0.25) is 0 Å². The largest absolute Gasteiger partial charge is 0.336 e. The Morgan fingerprint density at radius 1 is 0.933 bits per heavy atom. The third kappa shape index (κ3) is 4.54. The van der Waals surface area contributed by atoms with Crippen molar-refractivity contribution in [1.82, 2.24) is 14.8 Å². The minimum Gasteiger partial charge on any atom is -0.336 e. The van der Waals surface area contributed by atoms with E-state index in [1.165, 1.54) is 12.1 Å². The van der Waals surface area contributed by atoms with Crippen LogP contribution in [0.5, 0.6) is 0 Å². The lowest BCUT2D eigenvalue weighted by molar-refractivity contribution is -0.131. The molecule has 1 aliphatic heterocycles. The number of hydrogen-bond donors (Lipinski definition) is 0. The minimum absolute atomic E-state index is 0.0241. The van der Waals surface area contributed by atoms with Gasteiger partial charge in [-0.2, -0.15) is 0 Å². The molecule has 3 aromatic rings. The summed E-state index contributed by atoms with van der Waals surface area (Å²) in [4.78, 5) is 33.4.